The van der Waals surface area contributed by atoms with Crippen molar-refractivity contribution in [1.29, 1.82) is 5.26 Å². The van der Waals surface area contributed by atoms with Crippen LogP contribution in [0.3, 0.4) is 0 Å². The molecule has 1 aromatic carbocycles. The van der Waals surface area contributed by atoms with E-state index in [4.69, 9.17) is 10.00 Å². The van der Waals surface area contributed by atoms with Gasteiger partial charge in [0.2, 0.25) is 0 Å². The average Bonchev–Trinajstić information content (AvgIpc) is 2.51. The molecule has 0 bridgehead atoms. The van der Waals surface area contributed by atoms with Crippen molar-refractivity contribution in [3.8, 4) is 11.8 Å². The molecule has 6 heteroatoms. The summed E-state index contributed by atoms with van der Waals surface area (Å²) in [5.41, 5.74) is 1.78. The molecule has 2 aliphatic heterocycles. The van der Waals surface area contributed by atoms with Gasteiger partial charge in [-0.05, 0) is 12.1 Å². The van der Waals surface area contributed by atoms with Gasteiger partial charge in [-0.3, -0.25) is 9.69 Å². The summed E-state index contributed by atoms with van der Waals surface area (Å²) in [5, 5.41) is 12.1. The van der Waals surface area contributed by atoms with Crippen molar-refractivity contribution in [1.82, 2.24) is 5.32 Å². The smallest absolute Gasteiger partial charge is 0.265 e. The number of fused-ring (bicyclic) bond motifs is 1. The molecule has 20 heavy (non-hydrogen) atoms. The standard InChI is InChI=1S/C14H16N4O2/c15-3-6-18-12-2-1-11(17-7-4-16-5-8-17)9-13(12)20-10-14(18)19/h1-2,9,16H,4-8,10H2. The molecule has 0 aliphatic carbocycles. The highest BCUT2D eigenvalue weighted by Crippen LogP contribution is 2.35. The van der Waals surface area contributed by atoms with Crippen LogP contribution in [0, 0.1) is 11.3 Å². The predicted molar refractivity (Wildman–Crippen MR) is 75.0 cm³/mol. The van der Waals surface area contributed by atoms with Gasteiger partial charge >= 0.3 is 0 Å². The van der Waals surface area contributed by atoms with Gasteiger partial charge < -0.3 is 15.0 Å². The Hall–Kier alpha value is -2.26. The second-order valence-corrected chi connectivity index (χ2v) is 4.82. The first-order valence-corrected chi connectivity index (χ1v) is 6.69. The Labute approximate surface area is 117 Å². The molecule has 1 saturated heterocycles. The van der Waals surface area contributed by atoms with Crippen LogP contribution in [0.4, 0.5) is 11.4 Å². The number of carbonyl (C=O) groups excluding carboxylic acids is 1. The number of amides is 1. The number of nitriles is 1. The molecule has 6 nitrogen and oxygen atoms in total. The van der Waals surface area contributed by atoms with Crippen LogP contribution in [0.25, 0.3) is 0 Å². The normalized spacial score (nSPS) is 18.2. The summed E-state index contributed by atoms with van der Waals surface area (Å²) in [6.45, 7) is 3.91. The quantitative estimate of drug-likeness (QED) is 0.787. The van der Waals surface area contributed by atoms with E-state index in [1.54, 1.807) is 0 Å². The van der Waals surface area contributed by atoms with Crippen LogP contribution in [-0.4, -0.2) is 45.2 Å². The maximum Gasteiger partial charge on any atom is 0.265 e. The highest BCUT2D eigenvalue weighted by molar-refractivity contribution is 5.98. The molecule has 3 rings (SSSR count). The number of ether oxygens (including phenoxy) is 1. The van der Waals surface area contributed by atoms with Crippen LogP contribution in [-0.2, 0) is 4.79 Å². The minimum Gasteiger partial charge on any atom is -0.481 e. The molecule has 2 aliphatic rings. The minimum absolute atomic E-state index is 0.000309. The predicted octanol–water partition coefficient (Wildman–Crippen LogP) is 0.345. The van der Waals surface area contributed by atoms with Crippen LogP contribution < -0.4 is 19.9 Å². The van der Waals surface area contributed by atoms with Gasteiger partial charge in [0, 0.05) is 37.9 Å². The van der Waals surface area contributed by atoms with Crippen LogP contribution in [0.15, 0.2) is 18.2 Å². The molecule has 0 saturated carbocycles. The number of hydrogen-bond donors (Lipinski definition) is 1. The summed E-state index contributed by atoms with van der Waals surface area (Å²) in [5.74, 6) is 0.504. The van der Waals surface area contributed by atoms with E-state index in [1.165, 1.54) is 4.90 Å². The molecule has 1 fully saturated rings. The number of piperazine rings is 1. The molecule has 0 aromatic heterocycles. The molecular weight excluding hydrogens is 256 g/mol. The Bertz CT molecular complexity index is 561. The lowest BCUT2D eigenvalue weighted by Gasteiger charge is -2.32. The monoisotopic (exact) mass is 272 g/mol. The number of benzene rings is 1. The molecule has 0 radical (unpaired) electrons. The number of carbonyl (C=O) groups is 1. The number of anilines is 2. The average molecular weight is 272 g/mol. The first kappa shape index (κ1) is 12.8. The molecule has 104 valence electrons. The van der Waals surface area contributed by atoms with E-state index in [0.717, 1.165) is 31.9 Å². The maximum absolute atomic E-state index is 11.8. The maximum atomic E-state index is 11.8. The van der Waals surface area contributed by atoms with Gasteiger partial charge in [0.1, 0.15) is 12.3 Å². The highest BCUT2D eigenvalue weighted by atomic mass is 16.5. The van der Waals surface area contributed by atoms with Crippen molar-refractivity contribution < 1.29 is 9.53 Å². The van der Waals surface area contributed by atoms with Crippen molar-refractivity contribution in [2.75, 3.05) is 49.1 Å². The molecule has 0 unspecified atom stereocenters. The minimum atomic E-state index is -0.172. The molecule has 0 atom stereocenters. The van der Waals surface area contributed by atoms with E-state index in [-0.39, 0.29) is 19.1 Å². The lowest BCUT2D eigenvalue weighted by atomic mass is 10.2. The highest BCUT2D eigenvalue weighted by Gasteiger charge is 2.26. The van der Waals surface area contributed by atoms with Gasteiger partial charge in [-0.2, -0.15) is 5.26 Å². The third-order valence-electron chi connectivity index (χ3n) is 3.60. The van der Waals surface area contributed by atoms with Crippen molar-refractivity contribution in [3.05, 3.63) is 18.2 Å². The zero-order valence-electron chi connectivity index (χ0n) is 11.1. The van der Waals surface area contributed by atoms with Crippen LogP contribution in [0.5, 0.6) is 5.75 Å². The van der Waals surface area contributed by atoms with Gasteiger partial charge in [0.05, 0.1) is 11.8 Å². The van der Waals surface area contributed by atoms with E-state index in [0.29, 0.717) is 11.4 Å². The molecule has 1 aromatic rings. The molecular formula is C14H16N4O2. The van der Waals surface area contributed by atoms with E-state index < -0.39 is 0 Å². The number of hydrogen-bond acceptors (Lipinski definition) is 5. The fourth-order valence-electron chi connectivity index (χ4n) is 2.56. The molecule has 0 spiro atoms. The van der Waals surface area contributed by atoms with Crippen LogP contribution >= 0.6 is 0 Å². The molecule has 1 N–H and O–H groups in total. The second-order valence-electron chi connectivity index (χ2n) is 4.82. The SMILES string of the molecule is N#CCN1C(=O)COc2cc(N3CCNCC3)ccc21. The largest absolute Gasteiger partial charge is 0.481 e. The van der Waals surface area contributed by atoms with Crippen LogP contribution in [0.2, 0.25) is 0 Å². The van der Waals surface area contributed by atoms with E-state index in [9.17, 15) is 4.79 Å². The van der Waals surface area contributed by atoms with E-state index in [2.05, 4.69) is 10.2 Å². The van der Waals surface area contributed by atoms with Crippen molar-refractivity contribution >= 4 is 17.3 Å². The first-order valence-electron chi connectivity index (χ1n) is 6.69. The topological polar surface area (TPSA) is 68.6 Å². The number of rotatable bonds is 2. The summed E-state index contributed by atoms with van der Waals surface area (Å²) < 4.78 is 5.50. The molecule has 1 amide bonds. The summed E-state index contributed by atoms with van der Waals surface area (Å²) in [6.07, 6.45) is 0. The Morgan fingerprint density at radius 1 is 1.35 bits per heavy atom. The van der Waals surface area contributed by atoms with Gasteiger partial charge in [-0.15, -0.1) is 0 Å². The zero-order valence-corrected chi connectivity index (χ0v) is 11.1. The van der Waals surface area contributed by atoms with E-state index >= 15 is 0 Å². The van der Waals surface area contributed by atoms with Gasteiger partial charge in [-0.25, -0.2) is 0 Å². The Balaban J connectivity index is 1.89. The van der Waals surface area contributed by atoms with Gasteiger partial charge in [0.15, 0.2) is 6.61 Å². The Morgan fingerprint density at radius 2 is 2.15 bits per heavy atom. The van der Waals surface area contributed by atoms with Crippen molar-refractivity contribution in [3.63, 3.8) is 0 Å². The third-order valence-corrected chi connectivity index (χ3v) is 3.60. The first-order chi connectivity index (χ1) is 9.79. The Morgan fingerprint density at radius 3 is 2.90 bits per heavy atom. The number of nitrogens with zero attached hydrogens (tertiary/aromatic N) is 3. The molecule has 2 heterocycles. The Kier molecular flexibility index (Phi) is 3.44. The fraction of sp³-hybridized carbons (Fsp3) is 0.429. The second kappa shape index (κ2) is 5.39. The lowest BCUT2D eigenvalue weighted by Crippen LogP contribution is -2.43. The third kappa shape index (κ3) is 2.28. The fourth-order valence-corrected chi connectivity index (χ4v) is 2.56. The summed E-state index contributed by atoms with van der Waals surface area (Å²) >= 11 is 0. The van der Waals surface area contributed by atoms with Crippen molar-refractivity contribution in [2.45, 2.75) is 0 Å². The summed E-state index contributed by atoms with van der Waals surface area (Å²) in [4.78, 5) is 15.5. The zero-order chi connectivity index (χ0) is 13.9. The van der Waals surface area contributed by atoms with Gasteiger partial charge in [-0.1, -0.05) is 0 Å². The lowest BCUT2D eigenvalue weighted by molar-refractivity contribution is -0.121. The summed E-state index contributed by atoms with van der Waals surface area (Å²) in [6, 6.07) is 7.82. The van der Waals surface area contributed by atoms with Gasteiger partial charge in [0.25, 0.3) is 5.91 Å². The number of nitrogens with one attached hydrogen (secondary N) is 1. The summed E-state index contributed by atoms with van der Waals surface area (Å²) in [7, 11) is 0. The van der Waals surface area contributed by atoms with E-state index in [1.807, 2.05) is 24.3 Å². The van der Waals surface area contributed by atoms with Crippen LogP contribution in [0.1, 0.15) is 0 Å². The van der Waals surface area contributed by atoms with Crippen molar-refractivity contribution in [2.24, 2.45) is 0 Å².